The van der Waals surface area contributed by atoms with Gasteiger partial charge in [-0.05, 0) is 97.4 Å². The lowest BCUT2D eigenvalue weighted by Gasteiger charge is -2.41. The molecular formula is C46H41ClN6O5. The smallest absolute Gasteiger partial charge is 0.265 e. The van der Waals surface area contributed by atoms with Gasteiger partial charge in [0, 0.05) is 96.5 Å². The molecule has 0 aliphatic carbocycles. The summed E-state index contributed by atoms with van der Waals surface area (Å²) in [5.41, 5.74) is 6.59. The van der Waals surface area contributed by atoms with Crippen LogP contribution in [0.15, 0.2) is 116 Å². The molecular weight excluding hydrogens is 752 g/mol. The predicted molar refractivity (Wildman–Crippen MR) is 225 cm³/mol. The zero-order valence-corrected chi connectivity index (χ0v) is 32.7. The van der Waals surface area contributed by atoms with Crippen LogP contribution in [-0.4, -0.2) is 93.8 Å². The molecule has 10 rings (SSSR count). The number of phenolic OH excluding ortho intramolecular Hbond substituents is 1. The zero-order chi connectivity index (χ0) is 39.5. The van der Waals surface area contributed by atoms with Crippen molar-refractivity contribution in [3.05, 3.63) is 143 Å². The van der Waals surface area contributed by atoms with Crippen molar-refractivity contribution in [3.8, 4) is 22.9 Å². The maximum Gasteiger partial charge on any atom is 0.265 e. The number of rotatable bonds is 7. The van der Waals surface area contributed by atoms with Crippen molar-refractivity contribution in [2.75, 3.05) is 51.5 Å². The van der Waals surface area contributed by atoms with E-state index in [9.17, 15) is 5.11 Å². The van der Waals surface area contributed by atoms with Gasteiger partial charge < -0.3 is 33.9 Å². The topological polar surface area (TPSA) is 107 Å². The monoisotopic (exact) mass is 792 g/mol. The van der Waals surface area contributed by atoms with Gasteiger partial charge in [0.15, 0.2) is 11.5 Å². The van der Waals surface area contributed by atoms with Crippen molar-refractivity contribution >= 4 is 56.6 Å². The molecule has 3 aliphatic rings. The van der Waals surface area contributed by atoms with Crippen molar-refractivity contribution in [1.82, 2.24) is 24.3 Å². The minimum Gasteiger partial charge on any atom is -0.508 e. The summed E-state index contributed by atoms with van der Waals surface area (Å²) in [5.74, 6) is 0.646. The average Bonchev–Trinajstić information content (AvgIpc) is 4.00. The highest BCUT2D eigenvalue weighted by Crippen LogP contribution is 2.41. The molecule has 2 amide bonds. The van der Waals surface area contributed by atoms with E-state index in [4.69, 9.17) is 21.1 Å². The van der Waals surface area contributed by atoms with Gasteiger partial charge in [-0.3, -0.25) is 19.4 Å². The van der Waals surface area contributed by atoms with E-state index in [0.717, 1.165) is 55.6 Å². The Balaban J connectivity index is 1.10. The fourth-order valence-corrected chi connectivity index (χ4v) is 8.80. The van der Waals surface area contributed by atoms with Gasteiger partial charge in [0.25, 0.3) is 11.8 Å². The van der Waals surface area contributed by atoms with Crippen LogP contribution in [0.5, 0.6) is 17.2 Å². The van der Waals surface area contributed by atoms with Crippen LogP contribution in [0.2, 0.25) is 5.02 Å². The van der Waals surface area contributed by atoms with Gasteiger partial charge in [0.05, 0.1) is 22.3 Å². The van der Waals surface area contributed by atoms with E-state index in [1.54, 1.807) is 53.6 Å². The Hall–Kier alpha value is -6.27. The third-order valence-electron chi connectivity index (χ3n) is 11.8. The molecule has 58 heavy (non-hydrogen) atoms. The van der Waals surface area contributed by atoms with Gasteiger partial charge in [-0.1, -0.05) is 35.9 Å². The van der Waals surface area contributed by atoms with Gasteiger partial charge in [0.2, 0.25) is 6.79 Å². The first-order valence-corrected chi connectivity index (χ1v) is 19.9. The molecule has 12 heteroatoms. The molecule has 0 spiro atoms. The SMILES string of the molecule is CN1CCN(C[C@@H]2Cc3ccccc3CN2C(=O)c2cc3c(cc2-n2cc(C(=O)N(c4ccc(O)cc4)c4ccc5[nH]ccc5c4)c4cc(Cl)ccc42)OCO3)CC1. The molecule has 1 saturated heterocycles. The summed E-state index contributed by atoms with van der Waals surface area (Å²) in [7, 11) is 2.15. The van der Waals surface area contributed by atoms with E-state index in [1.807, 2.05) is 58.1 Å². The van der Waals surface area contributed by atoms with Crippen LogP contribution in [-0.2, 0) is 13.0 Å². The number of aromatic hydroxyl groups is 1. The Morgan fingerprint density at radius 1 is 0.845 bits per heavy atom. The molecule has 5 heterocycles. The van der Waals surface area contributed by atoms with Crippen LogP contribution in [0, 0.1) is 0 Å². The molecule has 292 valence electrons. The fourth-order valence-electron chi connectivity index (χ4n) is 8.63. The second-order valence-corrected chi connectivity index (χ2v) is 15.8. The van der Waals surface area contributed by atoms with E-state index in [2.05, 4.69) is 40.0 Å². The van der Waals surface area contributed by atoms with Gasteiger partial charge in [-0.2, -0.15) is 0 Å². The molecule has 5 aromatic carbocycles. The van der Waals surface area contributed by atoms with Gasteiger partial charge in [0.1, 0.15) is 5.75 Å². The third-order valence-corrected chi connectivity index (χ3v) is 12.0. The molecule has 0 unspecified atom stereocenters. The number of piperazine rings is 1. The summed E-state index contributed by atoms with van der Waals surface area (Å²) in [6.07, 6.45) is 4.39. The molecule has 0 radical (unpaired) electrons. The first kappa shape index (κ1) is 36.1. The van der Waals surface area contributed by atoms with E-state index >= 15 is 9.59 Å². The highest BCUT2D eigenvalue weighted by Gasteiger charge is 2.35. The minimum absolute atomic E-state index is 0.0361. The number of aromatic nitrogens is 2. The van der Waals surface area contributed by atoms with Gasteiger partial charge >= 0.3 is 0 Å². The van der Waals surface area contributed by atoms with Crippen LogP contribution in [0.3, 0.4) is 0 Å². The van der Waals surface area contributed by atoms with E-state index in [-0.39, 0.29) is 30.4 Å². The molecule has 1 fully saturated rings. The Kier molecular flexibility index (Phi) is 9.08. The number of nitrogens with one attached hydrogen (secondary N) is 1. The first-order chi connectivity index (χ1) is 28.3. The summed E-state index contributed by atoms with van der Waals surface area (Å²) in [6, 6.07) is 31.7. The van der Waals surface area contributed by atoms with Crippen LogP contribution in [0.1, 0.15) is 31.8 Å². The quantitative estimate of drug-likeness (QED) is 0.169. The number of phenols is 1. The van der Waals surface area contributed by atoms with Crippen LogP contribution in [0.4, 0.5) is 11.4 Å². The molecule has 2 aromatic heterocycles. The predicted octanol–water partition coefficient (Wildman–Crippen LogP) is 7.99. The maximum atomic E-state index is 15.3. The van der Waals surface area contributed by atoms with Crippen molar-refractivity contribution in [1.29, 1.82) is 0 Å². The normalized spacial score (nSPS) is 16.9. The summed E-state index contributed by atoms with van der Waals surface area (Å²) in [5, 5.41) is 12.2. The first-order valence-electron chi connectivity index (χ1n) is 19.5. The number of benzene rings is 5. The van der Waals surface area contributed by atoms with Crippen molar-refractivity contribution in [2.24, 2.45) is 0 Å². The number of halogens is 1. The lowest BCUT2D eigenvalue weighted by atomic mass is 9.92. The number of hydrogen-bond acceptors (Lipinski definition) is 7. The van der Waals surface area contributed by atoms with Crippen LogP contribution < -0.4 is 14.4 Å². The summed E-state index contributed by atoms with van der Waals surface area (Å²) in [4.78, 5) is 42.1. The number of fused-ring (bicyclic) bond motifs is 4. The highest BCUT2D eigenvalue weighted by molar-refractivity contribution is 6.32. The second-order valence-electron chi connectivity index (χ2n) is 15.4. The number of carbonyl (C=O) groups excluding carboxylic acids is 2. The molecule has 11 nitrogen and oxygen atoms in total. The standard InChI is InChI=1S/C46H41ClN6O5/c1-49-16-18-50(19-17-49)26-35-20-29-4-2-3-5-31(29)25-51(35)45(55)38-23-43-44(58-28-57-43)24-42(38)52-27-39(37-22-32(47)6-13-41(37)52)46(56)53(33-7-10-36(54)11-8-33)34-9-12-40-30(21-34)14-15-48-40/h2-15,21-24,27,35,48,54H,16-20,25-26,28H2,1H3/t35-/m0/s1. The third kappa shape index (κ3) is 6.51. The lowest BCUT2D eigenvalue weighted by molar-refractivity contribution is 0.0535. The Bertz CT molecular complexity index is 2720. The Labute approximate surface area is 340 Å². The van der Waals surface area contributed by atoms with E-state index in [0.29, 0.717) is 62.2 Å². The number of amides is 2. The number of likely N-dealkylation sites (N-methyl/N-ethyl adjacent to an activating group) is 1. The molecule has 1 atom stereocenters. The van der Waals surface area contributed by atoms with Crippen molar-refractivity contribution in [2.45, 2.75) is 19.0 Å². The molecule has 0 bridgehead atoms. The highest BCUT2D eigenvalue weighted by atomic mass is 35.5. The van der Waals surface area contributed by atoms with Gasteiger partial charge in [-0.25, -0.2) is 0 Å². The van der Waals surface area contributed by atoms with E-state index in [1.165, 1.54) is 5.56 Å². The zero-order valence-electron chi connectivity index (χ0n) is 31.9. The number of carbonyl (C=O) groups is 2. The van der Waals surface area contributed by atoms with Crippen molar-refractivity contribution in [3.63, 3.8) is 0 Å². The molecule has 7 aromatic rings. The van der Waals surface area contributed by atoms with Crippen LogP contribution >= 0.6 is 11.6 Å². The number of aromatic amines is 1. The molecule has 3 aliphatic heterocycles. The maximum absolute atomic E-state index is 15.3. The lowest BCUT2D eigenvalue weighted by Crippen LogP contribution is -2.53. The molecule has 0 saturated carbocycles. The second kappa shape index (κ2) is 14.6. The summed E-state index contributed by atoms with van der Waals surface area (Å²) < 4.78 is 13.7. The summed E-state index contributed by atoms with van der Waals surface area (Å²) in [6.45, 7) is 5.13. The largest absolute Gasteiger partial charge is 0.508 e. The van der Waals surface area contributed by atoms with Crippen LogP contribution in [0.25, 0.3) is 27.5 Å². The number of nitrogens with zero attached hydrogens (tertiary/aromatic N) is 5. The number of ether oxygens (including phenoxy) is 2. The number of hydrogen-bond donors (Lipinski definition) is 2. The van der Waals surface area contributed by atoms with Crippen molar-refractivity contribution < 1.29 is 24.2 Å². The number of anilines is 2. The Morgan fingerprint density at radius 2 is 1.60 bits per heavy atom. The van der Waals surface area contributed by atoms with E-state index < -0.39 is 0 Å². The Morgan fingerprint density at radius 3 is 2.41 bits per heavy atom. The van der Waals surface area contributed by atoms with Gasteiger partial charge in [-0.15, -0.1) is 0 Å². The average molecular weight is 793 g/mol. The minimum atomic E-state index is -0.319. The summed E-state index contributed by atoms with van der Waals surface area (Å²) >= 11 is 6.67. The fraction of sp³-hybridized carbons (Fsp3) is 0.217. The molecule has 2 N–H and O–H groups in total. The number of H-pyrrole nitrogens is 1.